The average molecular weight is 371 g/mol. The van der Waals surface area contributed by atoms with E-state index >= 15 is 0 Å². The highest BCUT2D eigenvalue weighted by molar-refractivity contribution is 5.48. The van der Waals surface area contributed by atoms with Crippen LogP contribution in [-0.2, 0) is 0 Å². The second kappa shape index (κ2) is 14.9. The Morgan fingerprint density at radius 1 is 0.704 bits per heavy atom. The molecule has 27 heavy (non-hydrogen) atoms. The van der Waals surface area contributed by atoms with Gasteiger partial charge in [-0.1, -0.05) is 107 Å². The van der Waals surface area contributed by atoms with E-state index < -0.39 is 0 Å². The molecule has 1 fully saturated rings. The molecule has 1 saturated heterocycles. The summed E-state index contributed by atoms with van der Waals surface area (Å²) in [5, 5.41) is 0. The number of piperazine rings is 1. The summed E-state index contributed by atoms with van der Waals surface area (Å²) in [6.07, 6.45) is 18.9. The molecule has 0 saturated carbocycles. The molecule has 1 aromatic rings. The van der Waals surface area contributed by atoms with Gasteiger partial charge in [0, 0.05) is 32.7 Å². The lowest BCUT2D eigenvalue weighted by Gasteiger charge is -2.34. The Morgan fingerprint density at radius 2 is 1.26 bits per heavy atom. The molecule has 2 rings (SSSR count). The van der Waals surface area contributed by atoms with Gasteiger partial charge in [0.1, 0.15) is 0 Å². The van der Waals surface area contributed by atoms with Gasteiger partial charge in [0.05, 0.1) is 0 Å². The fourth-order valence-corrected chi connectivity index (χ4v) is 3.92. The second-order valence-electron chi connectivity index (χ2n) is 8.14. The first kappa shape index (κ1) is 22.2. The van der Waals surface area contributed by atoms with E-state index in [0.29, 0.717) is 0 Å². The molecule has 0 aromatic heterocycles. The maximum absolute atomic E-state index is 2.67. The molecule has 0 spiro atoms. The fraction of sp³-hybridized carbons (Fsp3) is 0.680. The Hall–Kier alpha value is -1.12. The van der Waals surface area contributed by atoms with Gasteiger partial charge in [0.25, 0.3) is 0 Å². The molecule has 2 nitrogen and oxygen atoms in total. The van der Waals surface area contributed by atoms with Crippen LogP contribution in [0.5, 0.6) is 0 Å². The summed E-state index contributed by atoms with van der Waals surface area (Å²) in [4.78, 5) is 5.25. The number of nitrogens with zero attached hydrogens (tertiary/aromatic N) is 2. The highest BCUT2D eigenvalue weighted by atomic mass is 15.3. The van der Waals surface area contributed by atoms with E-state index in [9.17, 15) is 0 Å². The normalized spacial score (nSPS) is 16.3. The van der Waals surface area contributed by atoms with Crippen LogP contribution in [0.15, 0.2) is 36.4 Å². The van der Waals surface area contributed by atoms with Crippen molar-refractivity contribution in [2.24, 2.45) is 0 Å². The van der Waals surface area contributed by atoms with Crippen LogP contribution in [0.1, 0.15) is 76.7 Å². The van der Waals surface area contributed by atoms with Crippen LogP contribution in [0, 0.1) is 0 Å². The summed E-state index contributed by atoms with van der Waals surface area (Å²) in [6, 6.07) is 10.6. The van der Waals surface area contributed by atoms with Crippen molar-refractivity contribution in [3.05, 3.63) is 42.0 Å². The highest BCUT2D eigenvalue weighted by Crippen LogP contribution is 2.11. The monoisotopic (exact) mass is 370 g/mol. The van der Waals surface area contributed by atoms with E-state index in [0.717, 1.165) is 6.54 Å². The van der Waals surface area contributed by atoms with Gasteiger partial charge in [-0.05, 0) is 18.5 Å². The molecular weight excluding hydrogens is 328 g/mol. The summed E-state index contributed by atoms with van der Waals surface area (Å²) >= 11 is 0. The van der Waals surface area contributed by atoms with Gasteiger partial charge in [-0.25, -0.2) is 0 Å². The molecule has 0 aliphatic carbocycles. The zero-order chi connectivity index (χ0) is 19.0. The van der Waals surface area contributed by atoms with Crippen molar-refractivity contribution in [3.63, 3.8) is 0 Å². The van der Waals surface area contributed by atoms with E-state index in [-0.39, 0.29) is 0 Å². The second-order valence-corrected chi connectivity index (χ2v) is 8.14. The first-order valence-corrected chi connectivity index (χ1v) is 11.5. The van der Waals surface area contributed by atoms with Crippen LogP contribution in [-0.4, -0.2) is 49.1 Å². The van der Waals surface area contributed by atoms with Crippen molar-refractivity contribution in [1.29, 1.82) is 0 Å². The summed E-state index contributed by atoms with van der Waals surface area (Å²) in [5.74, 6) is 0. The lowest BCUT2D eigenvalue weighted by molar-refractivity contribution is 0.140. The molecular formula is C25H42N2. The van der Waals surface area contributed by atoms with Gasteiger partial charge in [0.2, 0.25) is 0 Å². The largest absolute Gasteiger partial charge is 0.301 e. The number of unbranched alkanes of at least 4 members (excludes halogenated alkanes) is 9. The van der Waals surface area contributed by atoms with Gasteiger partial charge >= 0.3 is 0 Å². The van der Waals surface area contributed by atoms with Crippen molar-refractivity contribution in [3.8, 4) is 0 Å². The van der Waals surface area contributed by atoms with Crippen LogP contribution in [0.3, 0.4) is 0 Å². The molecule has 0 amide bonds. The van der Waals surface area contributed by atoms with Gasteiger partial charge in [0.15, 0.2) is 0 Å². The van der Waals surface area contributed by atoms with Crippen molar-refractivity contribution in [1.82, 2.24) is 9.80 Å². The van der Waals surface area contributed by atoms with E-state index in [1.807, 2.05) is 0 Å². The van der Waals surface area contributed by atoms with Gasteiger partial charge in [-0.15, -0.1) is 0 Å². The van der Waals surface area contributed by atoms with E-state index in [2.05, 4.69) is 59.2 Å². The number of hydrogen-bond acceptors (Lipinski definition) is 2. The predicted octanol–water partition coefficient (Wildman–Crippen LogP) is 6.24. The Balaban J connectivity index is 1.42. The molecule has 2 heteroatoms. The molecule has 0 atom stereocenters. The van der Waals surface area contributed by atoms with Crippen LogP contribution in [0.2, 0.25) is 0 Å². The predicted molar refractivity (Wildman–Crippen MR) is 120 cm³/mol. The minimum Gasteiger partial charge on any atom is -0.301 e. The zero-order valence-corrected chi connectivity index (χ0v) is 17.7. The first-order valence-electron chi connectivity index (χ1n) is 11.5. The number of benzene rings is 1. The van der Waals surface area contributed by atoms with Crippen molar-refractivity contribution >= 4 is 6.08 Å². The Bertz CT molecular complexity index is 474. The minimum atomic E-state index is 1.08. The average Bonchev–Trinajstić information content (AvgIpc) is 2.71. The minimum absolute atomic E-state index is 1.08. The first-order chi connectivity index (χ1) is 13.4. The van der Waals surface area contributed by atoms with Crippen LogP contribution in [0.25, 0.3) is 6.08 Å². The molecule has 1 heterocycles. The molecule has 152 valence electrons. The Kier molecular flexibility index (Phi) is 12.2. The Morgan fingerprint density at radius 3 is 1.89 bits per heavy atom. The van der Waals surface area contributed by atoms with E-state index in [1.54, 1.807) is 0 Å². The quantitative estimate of drug-likeness (QED) is 0.358. The number of hydrogen-bond donors (Lipinski definition) is 0. The molecule has 0 N–H and O–H groups in total. The molecule has 0 bridgehead atoms. The van der Waals surface area contributed by atoms with Crippen LogP contribution >= 0.6 is 0 Å². The summed E-state index contributed by atoms with van der Waals surface area (Å²) < 4.78 is 0. The Labute approximate surface area is 168 Å². The summed E-state index contributed by atoms with van der Waals surface area (Å²) in [5.41, 5.74) is 1.30. The summed E-state index contributed by atoms with van der Waals surface area (Å²) in [6.45, 7) is 9.62. The fourth-order valence-electron chi connectivity index (χ4n) is 3.92. The topological polar surface area (TPSA) is 6.48 Å². The van der Waals surface area contributed by atoms with Crippen LogP contribution < -0.4 is 0 Å². The zero-order valence-electron chi connectivity index (χ0n) is 17.7. The van der Waals surface area contributed by atoms with Gasteiger partial charge in [-0.3, -0.25) is 4.90 Å². The smallest absolute Gasteiger partial charge is 0.0167 e. The lowest BCUT2D eigenvalue weighted by Crippen LogP contribution is -2.46. The maximum atomic E-state index is 2.67. The van der Waals surface area contributed by atoms with E-state index in [4.69, 9.17) is 0 Å². The molecule has 1 aliphatic rings. The van der Waals surface area contributed by atoms with Crippen molar-refractivity contribution in [2.75, 3.05) is 39.3 Å². The third-order valence-electron chi connectivity index (χ3n) is 5.77. The lowest BCUT2D eigenvalue weighted by atomic mass is 10.1. The van der Waals surface area contributed by atoms with E-state index in [1.165, 1.54) is 102 Å². The molecule has 0 unspecified atom stereocenters. The van der Waals surface area contributed by atoms with Crippen LogP contribution in [0.4, 0.5) is 0 Å². The standard InChI is InChI=1S/C25H42N2/c1-2-3-4-5-6-7-8-9-10-14-19-26-21-23-27(24-22-26)20-15-18-25-16-12-11-13-17-25/h11-13,15-18H,2-10,14,19-24H2,1H3. The van der Waals surface area contributed by atoms with Gasteiger partial charge in [-0.2, -0.15) is 0 Å². The highest BCUT2D eigenvalue weighted by Gasteiger charge is 2.14. The van der Waals surface area contributed by atoms with Crippen molar-refractivity contribution < 1.29 is 0 Å². The third-order valence-corrected chi connectivity index (χ3v) is 5.77. The number of rotatable bonds is 14. The SMILES string of the molecule is CCCCCCCCCCCCN1CCN(CC=Cc2ccccc2)CC1. The third kappa shape index (κ3) is 10.7. The van der Waals surface area contributed by atoms with Crippen molar-refractivity contribution in [2.45, 2.75) is 71.1 Å². The summed E-state index contributed by atoms with van der Waals surface area (Å²) in [7, 11) is 0. The molecule has 1 aromatic carbocycles. The molecule has 1 aliphatic heterocycles. The maximum Gasteiger partial charge on any atom is 0.0167 e. The van der Waals surface area contributed by atoms with Gasteiger partial charge < -0.3 is 4.90 Å². The molecule has 0 radical (unpaired) electrons.